The van der Waals surface area contributed by atoms with E-state index in [1.165, 1.54) is 23.8 Å². The van der Waals surface area contributed by atoms with Crippen molar-refractivity contribution in [3.05, 3.63) is 69.0 Å². The van der Waals surface area contributed by atoms with Gasteiger partial charge in [0.05, 0.1) is 6.10 Å². The van der Waals surface area contributed by atoms with Gasteiger partial charge in [0.2, 0.25) is 0 Å². The summed E-state index contributed by atoms with van der Waals surface area (Å²) in [5.41, 5.74) is 4.78. The number of hydrogen-bond acceptors (Lipinski definition) is 1. The number of hydrogen-bond donors (Lipinski definition) is 1. The molecule has 0 aromatic heterocycles. The first-order chi connectivity index (χ1) is 9.38. The summed E-state index contributed by atoms with van der Waals surface area (Å²) in [5, 5.41) is 10.9. The predicted molar refractivity (Wildman–Crippen MR) is 80.7 cm³/mol. The van der Waals surface area contributed by atoms with Gasteiger partial charge in [-0.25, -0.2) is 4.39 Å². The number of benzene rings is 2. The van der Waals surface area contributed by atoms with E-state index >= 15 is 0 Å². The predicted octanol–water partition coefficient (Wildman–Crippen LogP) is 4.68. The topological polar surface area (TPSA) is 20.2 Å². The Balaban J connectivity index is 2.33. The van der Waals surface area contributed by atoms with Gasteiger partial charge in [-0.05, 0) is 61.2 Å². The smallest absolute Gasteiger partial charge is 0.123 e. The highest BCUT2D eigenvalue weighted by molar-refractivity contribution is 6.31. The van der Waals surface area contributed by atoms with E-state index in [2.05, 4.69) is 0 Å². The number of halogens is 2. The van der Waals surface area contributed by atoms with E-state index < -0.39 is 6.10 Å². The average Bonchev–Trinajstić information content (AvgIpc) is 2.32. The zero-order valence-electron chi connectivity index (χ0n) is 11.9. The highest BCUT2D eigenvalue weighted by Crippen LogP contribution is 2.28. The van der Waals surface area contributed by atoms with E-state index in [1.54, 1.807) is 0 Å². The summed E-state index contributed by atoms with van der Waals surface area (Å²) in [6.45, 7) is 5.98. The van der Waals surface area contributed by atoms with Crippen LogP contribution in [-0.4, -0.2) is 5.11 Å². The highest BCUT2D eigenvalue weighted by atomic mass is 35.5. The van der Waals surface area contributed by atoms with E-state index in [4.69, 9.17) is 11.6 Å². The Morgan fingerprint density at radius 3 is 2.30 bits per heavy atom. The SMILES string of the molecule is Cc1cc(C)c(C(O)Cc2cc(F)ccc2Cl)c(C)c1. The van der Waals surface area contributed by atoms with Crippen LogP contribution in [-0.2, 0) is 6.42 Å². The second-order valence-electron chi connectivity index (χ2n) is 5.27. The van der Waals surface area contributed by atoms with Gasteiger partial charge in [0.15, 0.2) is 0 Å². The van der Waals surface area contributed by atoms with Crippen molar-refractivity contribution in [3.8, 4) is 0 Å². The van der Waals surface area contributed by atoms with Crippen molar-refractivity contribution in [1.29, 1.82) is 0 Å². The minimum atomic E-state index is -0.685. The van der Waals surface area contributed by atoms with E-state index in [9.17, 15) is 9.50 Å². The van der Waals surface area contributed by atoms with Crippen LogP contribution >= 0.6 is 11.6 Å². The third kappa shape index (κ3) is 3.20. The van der Waals surface area contributed by atoms with Crippen LogP contribution < -0.4 is 0 Å². The van der Waals surface area contributed by atoms with Crippen molar-refractivity contribution in [2.24, 2.45) is 0 Å². The maximum Gasteiger partial charge on any atom is 0.123 e. The molecule has 2 rings (SSSR count). The van der Waals surface area contributed by atoms with Crippen molar-refractivity contribution in [2.75, 3.05) is 0 Å². The first-order valence-electron chi connectivity index (χ1n) is 6.58. The summed E-state index contributed by atoms with van der Waals surface area (Å²) in [7, 11) is 0. The zero-order chi connectivity index (χ0) is 14.9. The van der Waals surface area contributed by atoms with Crippen molar-refractivity contribution in [3.63, 3.8) is 0 Å². The Hall–Kier alpha value is -1.38. The van der Waals surface area contributed by atoms with Crippen LogP contribution in [0.1, 0.15) is 33.9 Å². The van der Waals surface area contributed by atoms with Gasteiger partial charge in [-0.15, -0.1) is 0 Å². The van der Waals surface area contributed by atoms with E-state index in [0.717, 1.165) is 16.7 Å². The first-order valence-corrected chi connectivity index (χ1v) is 6.96. The molecule has 0 heterocycles. The van der Waals surface area contributed by atoms with Crippen LogP contribution in [0.15, 0.2) is 30.3 Å². The fourth-order valence-electron chi connectivity index (χ4n) is 2.73. The molecule has 2 aromatic rings. The Kier molecular flexibility index (Phi) is 4.46. The standard InChI is InChI=1S/C17H18ClFO/c1-10-6-11(2)17(12(3)7-10)16(20)9-13-8-14(19)4-5-15(13)18/h4-8,16,20H,9H2,1-3H3. The van der Waals surface area contributed by atoms with Gasteiger partial charge in [-0.1, -0.05) is 29.3 Å². The average molecular weight is 293 g/mol. The molecule has 20 heavy (non-hydrogen) atoms. The molecular weight excluding hydrogens is 275 g/mol. The van der Waals surface area contributed by atoms with Crippen LogP contribution in [0.5, 0.6) is 0 Å². The van der Waals surface area contributed by atoms with Crippen LogP contribution in [0.25, 0.3) is 0 Å². The van der Waals surface area contributed by atoms with Gasteiger partial charge in [0.1, 0.15) is 5.82 Å². The summed E-state index contributed by atoms with van der Waals surface area (Å²) in [5.74, 6) is -0.339. The molecule has 0 aliphatic rings. The highest BCUT2D eigenvalue weighted by Gasteiger charge is 2.16. The van der Waals surface area contributed by atoms with Crippen LogP contribution in [0.2, 0.25) is 5.02 Å². The molecule has 0 saturated heterocycles. The molecule has 0 spiro atoms. The lowest BCUT2D eigenvalue weighted by molar-refractivity contribution is 0.177. The molecule has 1 N–H and O–H groups in total. The lowest BCUT2D eigenvalue weighted by atomic mass is 9.92. The molecule has 0 saturated carbocycles. The molecule has 0 fully saturated rings. The fourth-order valence-corrected chi connectivity index (χ4v) is 2.92. The van der Waals surface area contributed by atoms with Gasteiger partial charge in [-0.3, -0.25) is 0 Å². The van der Waals surface area contributed by atoms with Crippen molar-refractivity contribution >= 4 is 11.6 Å². The number of rotatable bonds is 3. The summed E-state index contributed by atoms with van der Waals surface area (Å²) in [6.07, 6.45) is -0.378. The van der Waals surface area contributed by atoms with Crippen molar-refractivity contribution < 1.29 is 9.50 Å². The molecule has 1 unspecified atom stereocenters. The minimum Gasteiger partial charge on any atom is -0.388 e. The Labute approximate surface area is 124 Å². The summed E-state index contributed by atoms with van der Waals surface area (Å²) in [6, 6.07) is 8.30. The number of aliphatic hydroxyl groups excluding tert-OH is 1. The molecule has 0 radical (unpaired) electrons. The minimum absolute atomic E-state index is 0.307. The third-order valence-corrected chi connectivity index (χ3v) is 3.86. The summed E-state index contributed by atoms with van der Waals surface area (Å²) in [4.78, 5) is 0. The molecule has 0 aliphatic heterocycles. The third-order valence-electron chi connectivity index (χ3n) is 3.49. The largest absolute Gasteiger partial charge is 0.388 e. The lowest BCUT2D eigenvalue weighted by Crippen LogP contribution is -2.07. The maximum absolute atomic E-state index is 13.3. The van der Waals surface area contributed by atoms with Gasteiger partial charge >= 0.3 is 0 Å². The van der Waals surface area contributed by atoms with E-state index in [1.807, 2.05) is 32.9 Å². The zero-order valence-corrected chi connectivity index (χ0v) is 12.6. The molecular formula is C17H18ClFO. The molecule has 0 bridgehead atoms. The Morgan fingerprint density at radius 2 is 1.70 bits per heavy atom. The van der Waals surface area contributed by atoms with E-state index in [-0.39, 0.29) is 5.82 Å². The quantitative estimate of drug-likeness (QED) is 0.871. The Morgan fingerprint density at radius 1 is 1.10 bits per heavy atom. The molecule has 1 nitrogen and oxygen atoms in total. The fraction of sp³-hybridized carbons (Fsp3) is 0.294. The van der Waals surface area contributed by atoms with Crippen molar-refractivity contribution in [2.45, 2.75) is 33.3 Å². The van der Waals surface area contributed by atoms with Crippen LogP contribution in [0, 0.1) is 26.6 Å². The second kappa shape index (κ2) is 5.94. The Bertz CT molecular complexity index is 614. The maximum atomic E-state index is 13.3. The van der Waals surface area contributed by atoms with Gasteiger partial charge in [0.25, 0.3) is 0 Å². The molecule has 0 amide bonds. The second-order valence-corrected chi connectivity index (χ2v) is 5.68. The summed E-state index contributed by atoms with van der Waals surface area (Å²) < 4.78 is 13.3. The summed E-state index contributed by atoms with van der Waals surface area (Å²) >= 11 is 6.05. The molecule has 3 heteroatoms. The molecule has 2 aromatic carbocycles. The van der Waals surface area contributed by atoms with E-state index in [0.29, 0.717) is 17.0 Å². The molecule has 1 atom stereocenters. The number of aliphatic hydroxyl groups is 1. The normalized spacial score (nSPS) is 12.5. The van der Waals surface area contributed by atoms with Gasteiger partial charge in [-0.2, -0.15) is 0 Å². The molecule has 106 valence electrons. The first kappa shape index (κ1) is 15.0. The van der Waals surface area contributed by atoms with Gasteiger partial charge < -0.3 is 5.11 Å². The molecule has 0 aliphatic carbocycles. The van der Waals surface area contributed by atoms with Crippen LogP contribution in [0.3, 0.4) is 0 Å². The van der Waals surface area contributed by atoms with Crippen LogP contribution in [0.4, 0.5) is 4.39 Å². The monoisotopic (exact) mass is 292 g/mol. The van der Waals surface area contributed by atoms with Crippen molar-refractivity contribution in [1.82, 2.24) is 0 Å². The van der Waals surface area contributed by atoms with Gasteiger partial charge in [0, 0.05) is 11.4 Å². The number of aryl methyl sites for hydroxylation is 3. The lowest BCUT2D eigenvalue weighted by Gasteiger charge is -2.18.